The Morgan fingerprint density at radius 2 is 1.50 bits per heavy atom. The molecular formula is C54H66O12. The van der Waals surface area contributed by atoms with Crippen LogP contribution in [0.4, 0.5) is 0 Å². The third-order valence-electron chi connectivity index (χ3n) is 14.0. The third kappa shape index (κ3) is 10.9. The Balaban J connectivity index is 1.22. The molecule has 5 unspecified atom stereocenters. The predicted molar refractivity (Wildman–Crippen MR) is 250 cm³/mol. The number of rotatable bonds is 10. The molecule has 0 saturated carbocycles. The highest BCUT2D eigenvalue weighted by atomic mass is 16.7. The molecule has 1 N–H and O–H groups in total. The minimum Gasteiger partial charge on any atom is -0.497 e. The highest BCUT2D eigenvalue weighted by Gasteiger charge is 2.61. The van der Waals surface area contributed by atoms with Crippen LogP contribution in [0.25, 0.3) is 12.2 Å². The molecule has 12 heteroatoms. The van der Waals surface area contributed by atoms with Gasteiger partial charge in [0.05, 0.1) is 33.0 Å². The van der Waals surface area contributed by atoms with Crippen molar-refractivity contribution < 1.29 is 57.4 Å². The molecule has 0 radical (unpaired) electrons. The average molecular weight is 907 g/mol. The van der Waals surface area contributed by atoms with Crippen molar-refractivity contribution >= 4 is 30.1 Å². The lowest BCUT2D eigenvalue weighted by Crippen LogP contribution is -2.59. The van der Waals surface area contributed by atoms with Gasteiger partial charge >= 0.3 is 17.9 Å². The van der Waals surface area contributed by atoms with E-state index in [1.807, 2.05) is 56.3 Å². The SMILES string of the molecule is CC[C@H](C)C1O[C@]2(CC[C@@H]1C)CC1CC(C/C=C(\C)[C@@H](OC(=O)/C=C/c3ccc(OC)cc3)[C@@H](C)/C=C/C=C3\COC4[C@H](OC(=O)/C=C/c5ccc(OC)cc5)C(C)=CC(C(=O)O1)[C@]34O)O2. The lowest BCUT2D eigenvalue weighted by molar-refractivity contribution is -0.340. The number of esters is 3. The normalized spacial score (nSPS) is 35.1. The predicted octanol–water partition coefficient (Wildman–Crippen LogP) is 9.08. The number of aliphatic hydroxyl groups is 1. The van der Waals surface area contributed by atoms with E-state index in [2.05, 4.69) is 26.8 Å². The summed E-state index contributed by atoms with van der Waals surface area (Å²) in [4.78, 5) is 41.6. The van der Waals surface area contributed by atoms with Crippen LogP contribution in [-0.4, -0.2) is 91.9 Å². The van der Waals surface area contributed by atoms with E-state index in [0.29, 0.717) is 54.2 Å². The van der Waals surface area contributed by atoms with E-state index in [1.54, 1.807) is 63.7 Å². The number of carbonyl (C=O) groups is 3. The van der Waals surface area contributed by atoms with Crippen molar-refractivity contribution in [1.82, 2.24) is 0 Å². The van der Waals surface area contributed by atoms with Gasteiger partial charge in [0.2, 0.25) is 0 Å². The molecule has 0 amide bonds. The first-order valence-corrected chi connectivity index (χ1v) is 23.3. The molecule has 4 aliphatic heterocycles. The number of allylic oxidation sites excluding steroid dienone is 2. The highest BCUT2D eigenvalue weighted by molar-refractivity contribution is 5.88. The molecule has 7 rings (SSSR count). The first-order chi connectivity index (χ1) is 31.6. The van der Waals surface area contributed by atoms with Crippen LogP contribution < -0.4 is 9.47 Å². The summed E-state index contributed by atoms with van der Waals surface area (Å²) in [7, 11) is 3.18. The van der Waals surface area contributed by atoms with Gasteiger partial charge in [-0.2, -0.15) is 0 Å². The van der Waals surface area contributed by atoms with Crippen molar-refractivity contribution in [3.8, 4) is 11.5 Å². The average Bonchev–Trinajstić information content (AvgIpc) is 3.65. The van der Waals surface area contributed by atoms with Crippen molar-refractivity contribution in [2.75, 3.05) is 20.8 Å². The Labute approximate surface area is 389 Å². The summed E-state index contributed by atoms with van der Waals surface area (Å²) in [6.45, 7) is 12.2. The number of hydrogen-bond acceptors (Lipinski definition) is 12. The topological polar surface area (TPSA) is 145 Å². The van der Waals surface area contributed by atoms with Gasteiger partial charge in [-0.25, -0.2) is 9.59 Å². The van der Waals surface area contributed by atoms with Gasteiger partial charge in [0.25, 0.3) is 0 Å². The Morgan fingerprint density at radius 3 is 2.11 bits per heavy atom. The van der Waals surface area contributed by atoms with E-state index >= 15 is 0 Å². The first-order valence-electron chi connectivity index (χ1n) is 23.3. The molecule has 1 aliphatic carbocycles. The maximum atomic E-state index is 14.7. The second-order valence-corrected chi connectivity index (χ2v) is 18.6. The van der Waals surface area contributed by atoms with E-state index < -0.39 is 65.7 Å². The minimum atomic E-state index is -1.94. The summed E-state index contributed by atoms with van der Waals surface area (Å²) in [5.74, 6) is -2.27. The van der Waals surface area contributed by atoms with E-state index in [-0.39, 0.29) is 24.5 Å². The zero-order valence-electron chi connectivity index (χ0n) is 39.5. The molecule has 1 spiro atoms. The molecule has 4 heterocycles. The van der Waals surface area contributed by atoms with Crippen LogP contribution in [0.2, 0.25) is 0 Å². The summed E-state index contributed by atoms with van der Waals surface area (Å²) in [6, 6.07) is 14.6. The van der Waals surface area contributed by atoms with Crippen LogP contribution >= 0.6 is 0 Å². The molecule has 0 aromatic heterocycles. The monoisotopic (exact) mass is 906 g/mol. The summed E-state index contributed by atoms with van der Waals surface area (Å²) in [6.07, 6.45) is 14.9. The third-order valence-corrected chi connectivity index (χ3v) is 14.0. The van der Waals surface area contributed by atoms with E-state index in [9.17, 15) is 19.5 Å². The smallest absolute Gasteiger partial charge is 0.331 e. The summed E-state index contributed by atoms with van der Waals surface area (Å²) >= 11 is 0. The van der Waals surface area contributed by atoms with Crippen molar-refractivity contribution in [2.24, 2.45) is 23.7 Å². The van der Waals surface area contributed by atoms with Gasteiger partial charge in [-0.3, -0.25) is 4.79 Å². The summed E-state index contributed by atoms with van der Waals surface area (Å²) < 4.78 is 49.4. The molecule has 3 fully saturated rings. The van der Waals surface area contributed by atoms with Gasteiger partial charge in [-0.1, -0.05) is 88.8 Å². The number of benzene rings is 2. The number of hydrogen-bond donors (Lipinski definition) is 1. The van der Waals surface area contributed by atoms with Gasteiger partial charge in [-0.15, -0.1) is 0 Å². The van der Waals surface area contributed by atoms with Crippen LogP contribution in [0, 0.1) is 23.7 Å². The molecule has 2 aromatic carbocycles. The van der Waals surface area contributed by atoms with E-state index in [1.165, 1.54) is 12.2 Å². The molecule has 2 bridgehead atoms. The molecule has 2 aromatic rings. The Bertz CT molecular complexity index is 2230. The van der Waals surface area contributed by atoms with Crippen LogP contribution in [0.1, 0.15) is 91.2 Å². The maximum absolute atomic E-state index is 14.7. The lowest BCUT2D eigenvalue weighted by atomic mass is 9.70. The quantitative estimate of drug-likeness (QED) is 0.105. The van der Waals surface area contributed by atoms with Gasteiger partial charge in [0, 0.05) is 37.3 Å². The van der Waals surface area contributed by atoms with Crippen molar-refractivity contribution in [3.05, 3.63) is 119 Å². The van der Waals surface area contributed by atoms with Gasteiger partial charge < -0.3 is 43.0 Å². The van der Waals surface area contributed by atoms with Gasteiger partial charge in [0.1, 0.15) is 41.3 Å². The lowest BCUT2D eigenvalue weighted by Gasteiger charge is -2.51. The van der Waals surface area contributed by atoms with E-state index in [0.717, 1.165) is 29.5 Å². The van der Waals surface area contributed by atoms with Crippen molar-refractivity contribution in [1.29, 1.82) is 0 Å². The largest absolute Gasteiger partial charge is 0.497 e. The van der Waals surface area contributed by atoms with Crippen LogP contribution in [0.3, 0.4) is 0 Å². The molecule has 12 nitrogen and oxygen atoms in total. The minimum absolute atomic E-state index is 0.0422. The second-order valence-electron chi connectivity index (χ2n) is 18.6. The fourth-order valence-corrected chi connectivity index (χ4v) is 9.97. The number of ether oxygens (including phenoxy) is 8. The van der Waals surface area contributed by atoms with Gasteiger partial charge in [-0.05, 0) is 103 Å². The van der Waals surface area contributed by atoms with Crippen LogP contribution in [0.5, 0.6) is 11.5 Å². The van der Waals surface area contributed by atoms with Crippen LogP contribution in [-0.2, 0) is 42.8 Å². The second kappa shape index (κ2) is 21.1. The standard InChI is InChI=1S/C54H66O12/c1-9-33(2)49-36(5)27-28-53(66-49)31-44-30-43(65-53)20-13-35(4)48(63-46(55)25-18-38-14-21-41(59-7)22-15-38)34(3)11-10-12-40-32-61-51-50(37(6)29-45(52(57)62-44)54(40,51)58)64-47(56)26-19-39-16-23-42(60-8)24-17-39/h10-19,21-26,29,33-34,36,43-45,48-51,58H,9,20,27-28,30-32H2,1-8H3/b11-10+,25-18+,26-19+,35-13+,40-12+/t33-,34-,36-,43?,44?,45?,48-,49?,50+,51?,53+,54+/m0/s1. The molecule has 66 heavy (non-hydrogen) atoms. The fraction of sp³-hybridized carbons (Fsp3) is 0.500. The molecule has 12 atom stereocenters. The fourth-order valence-electron chi connectivity index (χ4n) is 9.97. The molecule has 5 aliphatic rings. The van der Waals surface area contributed by atoms with E-state index in [4.69, 9.17) is 37.9 Å². The van der Waals surface area contributed by atoms with Crippen molar-refractivity contribution in [2.45, 2.75) is 128 Å². The zero-order chi connectivity index (χ0) is 47.2. The maximum Gasteiger partial charge on any atom is 0.331 e. The Morgan fingerprint density at radius 1 is 0.879 bits per heavy atom. The number of fused-ring (bicyclic) bond motifs is 2. The first kappa shape index (κ1) is 48.7. The summed E-state index contributed by atoms with van der Waals surface area (Å²) in [5, 5.41) is 13.0. The molecule has 3 saturated heterocycles. The highest BCUT2D eigenvalue weighted by Crippen LogP contribution is 2.48. The zero-order valence-corrected chi connectivity index (χ0v) is 39.5. The Kier molecular flexibility index (Phi) is 15.6. The van der Waals surface area contributed by atoms with Gasteiger partial charge in [0.15, 0.2) is 11.9 Å². The number of carbonyl (C=O) groups excluding carboxylic acids is 3. The van der Waals surface area contributed by atoms with Crippen molar-refractivity contribution in [3.63, 3.8) is 0 Å². The molecule has 354 valence electrons. The Hall–Kier alpha value is -5.27. The molecular weight excluding hydrogens is 841 g/mol. The summed E-state index contributed by atoms with van der Waals surface area (Å²) in [5.41, 5.74) is 1.42. The number of methoxy groups -OCH3 is 2. The van der Waals surface area contributed by atoms with Crippen LogP contribution in [0.15, 0.2) is 108 Å².